The molecular formula is C26H33NO4. The van der Waals surface area contributed by atoms with Gasteiger partial charge < -0.3 is 19.1 Å². The lowest BCUT2D eigenvalue weighted by Gasteiger charge is -2.26. The van der Waals surface area contributed by atoms with Crippen LogP contribution < -0.4 is 9.47 Å². The van der Waals surface area contributed by atoms with Gasteiger partial charge in [0.25, 0.3) is 0 Å². The van der Waals surface area contributed by atoms with Crippen LogP contribution >= 0.6 is 0 Å². The molecule has 1 aliphatic heterocycles. The number of nitrogens with zero attached hydrogens (tertiary/aromatic N) is 1. The molecule has 0 N–H and O–H groups in total. The third-order valence-corrected chi connectivity index (χ3v) is 6.06. The maximum atomic E-state index is 12.5. The van der Waals surface area contributed by atoms with E-state index in [1.165, 1.54) is 0 Å². The van der Waals surface area contributed by atoms with E-state index in [0.29, 0.717) is 25.0 Å². The second kappa shape index (κ2) is 8.81. The zero-order valence-electron chi connectivity index (χ0n) is 19.0. The molecule has 1 heterocycles. The number of fused-ring (bicyclic) bond motifs is 1. The molecule has 31 heavy (non-hydrogen) atoms. The molecule has 0 aromatic heterocycles. The number of rotatable bonds is 5. The Balaban J connectivity index is 1.41. The lowest BCUT2D eigenvalue weighted by Crippen LogP contribution is -2.37. The average Bonchev–Trinajstić information content (AvgIpc) is 3.30. The van der Waals surface area contributed by atoms with E-state index in [4.69, 9.17) is 14.2 Å². The highest BCUT2D eigenvalue weighted by Gasteiger charge is 2.46. The van der Waals surface area contributed by atoms with Crippen LogP contribution in [0.3, 0.4) is 0 Å². The van der Waals surface area contributed by atoms with E-state index in [1.807, 2.05) is 56.9 Å². The number of carbonyl (C=O) groups is 1. The molecule has 0 radical (unpaired) electrons. The first kappa shape index (κ1) is 21.5. The molecule has 2 aromatic carbocycles. The van der Waals surface area contributed by atoms with Crippen LogP contribution in [0.4, 0.5) is 4.79 Å². The van der Waals surface area contributed by atoms with Crippen molar-refractivity contribution in [2.24, 2.45) is 11.8 Å². The van der Waals surface area contributed by atoms with Crippen molar-refractivity contribution in [3.05, 3.63) is 48.5 Å². The highest BCUT2D eigenvalue weighted by atomic mass is 16.6. The zero-order valence-corrected chi connectivity index (χ0v) is 19.0. The van der Waals surface area contributed by atoms with Crippen LogP contribution in [0.1, 0.15) is 40.5 Å². The Morgan fingerprint density at radius 2 is 1.77 bits per heavy atom. The predicted molar refractivity (Wildman–Crippen MR) is 121 cm³/mol. The Hall–Kier alpha value is -2.69. The number of carbonyl (C=O) groups excluding carboxylic acids is 1. The van der Waals surface area contributed by atoms with Gasteiger partial charge in [-0.25, -0.2) is 4.79 Å². The normalized spacial score (nSPS) is 22.8. The van der Waals surface area contributed by atoms with Gasteiger partial charge in [-0.2, -0.15) is 0 Å². The molecule has 2 aliphatic rings. The molecule has 3 atom stereocenters. The Kier molecular flexibility index (Phi) is 6.12. The lowest BCUT2D eigenvalue weighted by molar-refractivity contribution is 0.0267. The van der Waals surface area contributed by atoms with Crippen LogP contribution in [-0.2, 0) is 4.74 Å². The van der Waals surface area contributed by atoms with Gasteiger partial charge in [0.15, 0.2) is 0 Å². The number of ether oxygens (including phenoxy) is 3. The molecule has 1 aliphatic carbocycles. The summed E-state index contributed by atoms with van der Waals surface area (Å²) in [5, 5.41) is 0. The Bertz CT molecular complexity index is 902. The first-order valence-corrected chi connectivity index (χ1v) is 11.3. The van der Waals surface area contributed by atoms with E-state index < -0.39 is 5.60 Å². The van der Waals surface area contributed by atoms with E-state index in [2.05, 4.69) is 24.3 Å². The first-order valence-electron chi connectivity index (χ1n) is 11.3. The summed E-state index contributed by atoms with van der Waals surface area (Å²) in [6.45, 7) is 9.85. The summed E-state index contributed by atoms with van der Waals surface area (Å²) in [4.78, 5) is 14.3. The quantitative estimate of drug-likeness (QED) is 0.612. The van der Waals surface area contributed by atoms with Crippen LogP contribution in [-0.4, -0.2) is 42.4 Å². The van der Waals surface area contributed by atoms with Crippen LogP contribution in [0.2, 0.25) is 0 Å². The molecule has 0 bridgehead atoms. The van der Waals surface area contributed by atoms with Gasteiger partial charge in [0, 0.05) is 19.0 Å². The van der Waals surface area contributed by atoms with Gasteiger partial charge in [0.05, 0.1) is 6.61 Å². The minimum Gasteiger partial charge on any atom is -0.494 e. The van der Waals surface area contributed by atoms with E-state index >= 15 is 0 Å². The predicted octanol–water partition coefficient (Wildman–Crippen LogP) is 5.78. The van der Waals surface area contributed by atoms with Gasteiger partial charge in [-0.15, -0.1) is 0 Å². The standard InChI is InChI=1S/C26H33NO4/c1-5-29-21-12-9-18(10-13-21)19-7-6-8-22(15-19)30-24-14-11-20-16-27(17-23(20)24)25(28)31-26(2,3)4/h6-10,12-13,15,20,23-24H,5,11,14,16-17H2,1-4H3/t20-,23+,24-/m1/s1. The molecule has 2 fully saturated rings. The van der Waals surface area contributed by atoms with Crippen LogP contribution in [0.15, 0.2) is 48.5 Å². The van der Waals surface area contributed by atoms with Crippen molar-refractivity contribution in [3.8, 4) is 22.6 Å². The average molecular weight is 424 g/mol. The van der Waals surface area contributed by atoms with Crippen molar-refractivity contribution in [2.45, 2.75) is 52.2 Å². The topological polar surface area (TPSA) is 48.0 Å². The molecule has 5 heteroatoms. The smallest absolute Gasteiger partial charge is 0.410 e. The summed E-state index contributed by atoms with van der Waals surface area (Å²) in [5.74, 6) is 2.62. The summed E-state index contributed by atoms with van der Waals surface area (Å²) < 4.78 is 17.5. The fraction of sp³-hybridized carbons (Fsp3) is 0.500. The highest BCUT2D eigenvalue weighted by molar-refractivity contribution is 5.68. The minimum atomic E-state index is -0.466. The fourth-order valence-electron chi connectivity index (χ4n) is 4.67. The summed E-state index contributed by atoms with van der Waals surface area (Å²) in [7, 11) is 0. The van der Waals surface area contributed by atoms with Crippen molar-refractivity contribution in [2.75, 3.05) is 19.7 Å². The third-order valence-electron chi connectivity index (χ3n) is 6.06. The minimum absolute atomic E-state index is 0.132. The van der Waals surface area contributed by atoms with Gasteiger partial charge in [0.2, 0.25) is 0 Å². The zero-order chi connectivity index (χ0) is 22.0. The van der Waals surface area contributed by atoms with Gasteiger partial charge in [0.1, 0.15) is 23.2 Å². The van der Waals surface area contributed by atoms with Gasteiger partial charge >= 0.3 is 6.09 Å². The monoisotopic (exact) mass is 423 g/mol. The maximum absolute atomic E-state index is 12.5. The number of likely N-dealkylation sites (tertiary alicyclic amines) is 1. The van der Waals surface area contributed by atoms with Gasteiger partial charge in [-0.05, 0) is 81.8 Å². The molecular weight excluding hydrogens is 390 g/mol. The molecule has 2 aromatic rings. The molecule has 4 rings (SSSR count). The second-order valence-corrected chi connectivity index (χ2v) is 9.53. The molecule has 5 nitrogen and oxygen atoms in total. The molecule has 166 valence electrons. The largest absolute Gasteiger partial charge is 0.494 e. The van der Waals surface area contributed by atoms with Crippen molar-refractivity contribution in [1.82, 2.24) is 4.90 Å². The number of hydrogen-bond donors (Lipinski definition) is 0. The van der Waals surface area contributed by atoms with Crippen molar-refractivity contribution in [1.29, 1.82) is 0 Å². The number of hydrogen-bond acceptors (Lipinski definition) is 4. The van der Waals surface area contributed by atoms with Crippen molar-refractivity contribution >= 4 is 6.09 Å². The Morgan fingerprint density at radius 1 is 1.00 bits per heavy atom. The van der Waals surface area contributed by atoms with E-state index in [9.17, 15) is 4.79 Å². The molecule has 0 spiro atoms. The second-order valence-electron chi connectivity index (χ2n) is 9.53. The van der Waals surface area contributed by atoms with E-state index in [-0.39, 0.29) is 12.2 Å². The lowest BCUT2D eigenvalue weighted by atomic mass is 9.99. The maximum Gasteiger partial charge on any atom is 0.410 e. The fourth-order valence-corrected chi connectivity index (χ4v) is 4.67. The summed E-state index contributed by atoms with van der Waals surface area (Å²) in [5.41, 5.74) is 1.79. The van der Waals surface area contributed by atoms with Gasteiger partial charge in [-0.3, -0.25) is 0 Å². The Morgan fingerprint density at radius 3 is 2.48 bits per heavy atom. The number of benzene rings is 2. The number of amides is 1. The summed E-state index contributed by atoms with van der Waals surface area (Å²) in [6, 6.07) is 16.4. The van der Waals surface area contributed by atoms with E-state index in [1.54, 1.807) is 0 Å². The molecule has 0 unspecified atom stereocenters. The van der Waals surface area contributed by atoms with Gasteiger partial charge in [-0.1, -0.05) is 24.3 Å². The van der Waals surface area contributed by atoms with E-state index in [0.717, 1.165) is 42.0 Å². The van der Waals surface area contributed by atoms with Crippen LogP contribution in [0.25, 0.3) is 11.1 Å². The van der Waals surface area contributed by atoms with Crippen molar-refractivity contribution < 1.29 is 19.0 Å². The van der Waals surface area contributed by atoms with Crippen molar-refractivity contribution in [3.63, 3.8) is 0 Å². The third kappa shape index (κ3) is 5.15. The summed E-state index contributed by atoms with van der Waals surface area (Å²) in [6.07, 6.45) is 2.05. The molecule has 1 saturated heterocycles. The molecule has 1 saturated carbocycles. The van der Waals surface area contributed by atoms with Crippen LogP contribution in [0, 0.1) is 11.8 Å². The SMILES string of the molecule is CCOc1ccc(-c2cccc(O[C@@H]3CC[C@@H]4CN(C(=O)OC(C)(C)C)C[C@@H]43)c2)cc1. The van der Waals surface area contributed by atoms with Crippen LogP contribution in [0.5, 0.6) is 11.5 Å². The molecule has 1 amide bonds. The first-order chi connectivity index (χ1) is 14.8. The Labute approximate surface area is 185 Å². The highest BCUT2D eigenvalue weighted by Crippen LogP contribution is 2.41. The summed E-state index contributed by atoms with van der Waals surface area (Å²) >= 11 is 0.